The Kier molecular flexibility index (Phi) is 6.67. The summed E-state index contributed by atoms with van der Waals surface area (Å²) >= 11 is 12.3. The van der Waals surface area contributed by atoms with Crippen LogP contribution in [0.25, 0.3) is 11.3 Å². The van der Waals surface area contributed by atoms with Gasteiger partial charge in [-0.1, -0.05) is 35.3 Å². The topological polar surface area (TPSA) is 101 Å². The average Bonchev–Trinajstić information content (AvgIpc) is 2.65. The molecule has 27 heavy (non-hydrogen) atoms. The highest BCUT2D eigenvalue weighted by molar-refractivity contribution is 6.43. The highest BCUT2D eigenvalue weighted by Crippen LogP contribution is 2.34. The van der Waals surface area contributed by atoms with E-state index in [1.165, 1.54) is 0 Å². The molecule has 146 valence electrons. The monoisotopic (exact) mass is 412 g/mol. The zero-order valence-corrected chi connectivity index (χ0v) is 16.5. The summed E-state index contributed by atoms with van der Waals surface area (Å²) in [4.78, 5) is 8.60. The second-order valence-electron chi connectivity index (χ2n) is 6.34. The lowest BCUT2D eigenvalue weighted by molar-refractivity contribution is 0.0364. The normalized spacial score (nSPS) is 16.5. The Bertz CT molecular complexity index is 786. The number of benzene rings is 1. The molecule has 2 aromatic rings. The van der Waals surface area contributed by atoms with Crippen LogP contribution in [0, 0.1) is 0 Å². The minimum Gasteiger partial charge on any atom is -0.389 e. The second kappa shape index (κ2) is 8.99. The highest BCUT2D eigenvalue weighted by atomic mass is 35.5. The maximum Gasteiger partial charge on any atom is 0.247 e. The third-order valence-corrected chi connectivity index (χ3v) is 5.21. The number of β-amino-alcohol motifs (C(OH)–C–C–N with tert-alkyl or cyclic N) is 1. The van der Waals surface area contributed by atoms with Crippen LogP contribution >= 0.6 is 23.2 Å². The van der Waals surface area contributed by atoms with Gasteiger partial charge in [-0.15, -0.1) is 10.2 Å². The Labute approximate surface area is 167 Å². The molecule has 0 aliphatic carbocycles. The quantitative estimate of drug-likeness (QED) is 0.736. The van der Waals surface area contributed by atoms with Crippen LogP contribution in [0.15, 0.2) is 18.2 Å². The van der Waals surface area contributed by atoms with Crippen molar-refractivity contribution in [3.05, 3.63) is 28.2 Å². The van der Waals surface area contributed by atoms with Crippen LogP contribution in [0.3, 0.4) is 0 Å². The van der Waals surface area contributed by atoms with Crippen molar-refractivity contribution in [2.24, 2.45) is 0 Å². The molecule has 1 fully saturated rings. The van der Waals surface area contributed by atoms with Gasteiger partial charge in [-0.2, -0.15) is 4.98 Å². The zero-order valence-electron chi connectivity index (χ0n) is 15.0. The molecule has 0 amide bonds. The van der Waals surface area contributed by atoms with Crippen LogP contribution in [0.4, 0.5) is 11.8 Å². The number of halogens is 2. The zero-order chi connectivity index (χ0) is 19.4. The summed E-state index contributed by atoms with van der Waals surface area (Å²) < 4.78 is 4.97. The fourth-order valence-electron chi connectivity index (χ4n) is 3.02. The van der Waals surface area contributed by atoms with Gasteiger partial charge in [-0.25, -0.2) is 0 Å². The van der Waals surface area contributed by atoms with Crippen molar-refractivity contribution in [3.8, 4) is 11.3 Å². The number of hydrogen-bond donors (Lipinski definition) is 2. The molecule has 1 aromatic heterocycles. The minimum absolute atomic E-state index is 0.252. The first-order chi connectivity index (χ1) is 13.0. The van der Waals surface area contributed by atoms with E-state index < -0.39 is 6.10 Å². The summed E-state index contributed by atoms with van der Waals surface area (Å²) in [6.45, 7) is 3.92. The van der Waals surface area contributed by atoms with Gasteiger partial charge in [-0.3, -0.25) is 4.90 Å². The second-order valence-corrected chi connectivity index (χ2v) is 7.13. The number of nitrogen functional groups attached to an aromatic ring is 1. The molecule has 0 bridgehead atoms. The summed E-state index contributed by atoms with van der Waals surface area (Å²) in [5.41, 5.74) is 7.12. The van der Waals surface area contributed by atoms with Crippen LogP contribution in [0.1, 0.15) is 0 Å². The van der Waals surface area contributed by atoms with Crippen molar-refractivity contribution >= 4 is 35.0 Å². The lowest BCUT2D eigenvalue weighted by atomic mass is 10.1. The molecule has 2 heterocycles. The number of hydrogen-bond acceptors (Lipinski definition) is 8. The molecule has 1 aliphatic rings. The summed E-state index contributed by atoms with van der Waals surface area (Å²) in [5, 5.41) is 19.1. The summed E-state index contributed by atoms with van der Waals surface area (Å²) in [5.74, 6) is 0.730. The fraction of sp³-hybridized carbons (Fsp3) is 0.471. The van der Waals surface area contributed by atoms with Crippen molar-refractivity contribution in [1.82, 2.24) is 20.1 Å². The van der Waals surface area contributed by atoms with Crippen molar-refractivity contribution in [2.75, 3.05) is 57.1 Å². The van der Waals surface area contributed by atoms with Crippen molar-refractivity contribution in [2.45, 2.75) is 6.10 Å². The number of piperazine rings is 1. The molecule has 1 unspecified atom stereocenters. The van der Waals surface area contributed by atoms with Crippen LogP contribution in [0.5, 0.6) is 0 Å². The van der Waals surface area contributed by atoms with Gasteiger partial charge in [0.05, 0.1) is 22.8 Å². The van der Waals surface area contributed by atoms with E-state index in [9.17, 15) is 5.11 Å². The first-order valence-electron chi connectivity index (χ1n) is 8.58. The molecule has 3 rings (SSSR count). The van der Waals surface area contributed by atoms with Crippen LogP contribution in [-0.2, 0) is 4.74 Å². The van der Waals surface area contributed by atoms with E-state index in [0.717, 1.165) is 26.2 Å². The molecule has 10 heteroatoms. The lowest BCUT2D eigenvalue weighted by Gasteiger charge is -2.35. The molecule has 0 radical (unpaired) electrons. The number of aliphatic hydroxyl groups excluding tert-OH is 1. The molecule has 3 N–H and O–H groups in total. The molecule has 0 saturated carbocycles. The average molecular weight is 413 g/mol. The van der Waals surface area contributed by atoms with Gasteiger partial charge in [0, 0.05) is 45.4 Å². The van der Waals surface area contributed by atoms with Crippen molar-refractivity contribution in [1.29, 1.82) is 0 Å². The van der Waals surface area contributed by atoms with Gasteiger partial charge in [-0.05, 0) is 6.07 Å². The Hall–Kier alpha value is -1.71. The summed E-state index contributed by atoms with van der Waals surface area (Å²) in [6.07, 6.45) is -0.489. The number of ether oxygens (including phenoxy) is 1. The lowest BCUT2D eigenvalue weighted by Crippen LogP contribution is -2.49. The maximum absolute atomic E-state index is 9.85. The first kappa shape index (κ1) is 20.0. The Morgan fingerprint density at radius 3 is 2.63 bits per heavy atom. The minimum atomic E-state index is -0.489. The molecular formula is C17H22Cl2N6O2. The van der Waals surface area contributed by atoms with Crippen LogP contribution in [0.2, 0.25) is 10.0 Å². The number of aromatic nitrogens is 3. The van der Waals surface area contributed by atoms with E-state index in [1.807, 2.05) is 4.90 Å². The van der Waals surface area contributed by atoms with Gasteiger partial charge < -0.3 is 20.5 Å². The molecule has 8 nitrogen and oxygen atoms in total. The van der Waals surface area contributed by atoms with E-state index >= 15 is 0 Å². The predicted molar refractivity (Wildman–Crippen MR) is 106 cm³/mol. The molecule has 1 aromatic carbocycles. The van der Waals surface area contributed by atoms with E-state index in [4.69, 9.17) is 33.7 Å². The van der Waals surface area contributed by atoms with Crippen LogP contribution < -0.4 is 10.6 Å². The predicted octanol–water partition coefficient (Wildman–Crippen LogP) is 1.56. The van der Waals surface area contributed by atoms with E-state index in [2.05, 4.69) is 20.1 Å². The summed E-state index contributed by atoms with van der Waals surface area (Å²) in [7, 11) is 1.58. The van der Waals surface area contributed by atoms with E-state index in [0.29, 0.717) is 40.4 Å². The third kappa shape index (κ3) is 4.77. The van der Waals surface area contributed by atoms with Crippen molar-refractivity contribution < 1.29 is 9.84 Å². The van der Waals surface area contributed by atoms with E-state index in [1.54, 1.807) is 25.3 Å². The van der Waals surface area contributed by atoms with E-state index in [-0.39, 0.29) is 5.82 Å². The molecule has 1 aliphatic heterocycles. The number of methoxy groups -OCH3 is 1. The Morgan fingerprint density at radius 1 is 1.22 bits per heavy atom. The molecule has 0 spiro atoms. The number of nitrogens with two attached hydrogens (primary N) is 1. The van der Waals surface area contributed by atoms with Gasteiger partial charge >= 0.3 is 0 Å². The van der Waals surface area contributed by atoms with Gasteiger partial charge in [0.1, 0.15) is 5.69 Å². The van der Waals surface area contributed by atoms with Crippen LogP contribution in [-0.4, -0.2) is 77.7 Å². The number of rotatable bonds is 6. The molecule has 1 atom stereocenters. The number of anilines is 2. The first-order valence-corrected chi connectivity index (χ1v) is 9.34. The Morgan fingerprint density at radius 2 is 1.96 bits per heavy atom. The Balaban J connectivity index is 1.67. The summed E-state index contributed by atoms with van der Waals surface area (Å²) in [6, 6.07) is 5.25. The molecular weight excluding hydrogens is 391 g/mol. The van der Waals surface area contributed by atoms with Crippen molar-refractivity contribution in [3.63, 3.8) is 0 Å². The standard InChI is InChI=1S/C17H22Cl2N6O2/c1-27-10-11(26)9-24-5-7-25(8-6-24)17-21-16(20)15(22-23-17)12-3-2-4-13(18)14(12)19/h2-4,11,26H,5-10H2,1H3,(H2,20,21,23). The van der Waals surface area contributed by atoms with Gasteiger partial charge in [0.2, 0.25) is 5.95 Å². The number of nitrogens with zero attached hydrogens (tertiary/aromatic N) is 5. The third-order valence-electron chi connectivity index (χ3n) is 4.39. The number of aliphatic hydroxyl groups is 1. The smallest absolute Gasteiger partial charge is 0.247 e. The largest absolute Gasteiger partial charge is 0.389 e. The van der Waals surface area contributed by atoms with Gasteiger partial charge in [0.15, 0.2) is 5.82 Å². The fourth-order valence-corrected chi connectivity index (χ4v) is 3.41. The maximum atomic E-state index is 9.85. The van der Waals surface area contributed by atoms with Gasteiger partial charge in [0.25, 0.3) is 0 Å². The molecule has 1 saturated heterocycles. The highest BCUT2D eigenvalue weighted by Gasteiger charge is 2.22. The SMILES string of the molecule is COCC(O)CN1CCN(c2nnc(-c3cccc(Cl)c3Cl)c(N)n2)CC1.